The standard InChI is InChI=1S/C22H20ClN3O2/c23-20-11-6-12-21(24-20)25-13-15-26(16-14-25)22(27)18-9-4-5-10-19(18)28-17-7-2-1-3-8-17/h1-12H,13-16H2. The molecule has 0 unspecified atom stereocenters. The van der Waals surface area contributed by atoms with Gasteiger partial charge >= 0.3 is 0 Å². The molecule has 3 aromatic rings. The number of para-hydroxylation sites is 2. The molecule has 0 saturated carbocycles. The summed E-state index contributed by atoms with van der Waals surface area (Å²) in [4.78, 5) is 21.4. The molecule has 1 aliphatic rings. The van der Waals surface area contributed by atoms with Crippen molar-refractivity contribution in [2.45, 2.75) is 0 Å². The molecular formula is C22H20ClN3O2. The van der Waals surface area contributed by atoms with Gasteiger partial charge in [0.1, 0.15) is 22.5 Å². The lowest BCUT2D eigenvalue weighted by molar-refractivity contribution is 0.0744. The number of benzene rings is 2. The maximum Gasteiger partial charge on any atom is 0.257 e. The summed E-state index contributed by atoms with van der Waals surface area (Å²) in [6, 6.07) is 22.4. The third-order valence-electron chi connectivity index (χ3n) is 4.68. The van der Waals surface area contributed by atoms with Crippen molar-refractivity contribution in [3.63, 3.8) is 0 Å². The molecule has 28 heavy (non-hydrogen) atoms. The number of pyridine rings is 1. The minimum atomic E-state index is -0.0229. The van der Waals surface area contributed by atoms with Gasteiger partial charge in [-0.25, -0.2) is 4.98 Å². The molecule has 0 bridgehead atoms. The largest absolute Gasteiger partial charge is 0.457 e. The highest BCUT2D eigenvalue weighted by Crippen LogP contribution is 2.27. The van der Waals surface area contributed by atoms with Crippen LogP contribution in [0, 0.1) is 0 Å². The molecule has 0 atom stereocenters. The summed E-state index contributed by atoms with van der Waals surface area (Å²) in [7, 11) is 0. The predicted molar refractivity (Wildman–Crippen MR) is 110 cm³/mol. The van der Waals surface area contributed by atoms with Gasteiger partial charge in [-0.15, -0.1) is 0 Å². The Morgan fingerprint density at radius 1 is 0.857 bits per heavy atom. The first-order valence-electron chi connectivity index (χ1n) is 9.19. The van der Waals surface area contributed by atoms with E-state index in [4.69, 9.17) is 16.3 Å². The van der Waals surface area contributed by atoms with E-state index in [1.165, 1.54) is 0 Å². The van der Waals surface area contributed by atoms with Crippen molar-refractivity contribution in [3.8, 4) is 11.5 Å². The van der Waals surface area contributed by atoms with E-state index in [1.54, 1.807) is 6.07 Å². The van der Waals surface area contributed by atoms with E-state index in [2.05, 4.69) is 9.88 Å². The van der Waals surface area contributed by atoms with Gasteiger partial charge in [0, 0.05) is 26.2 Å². The number of piperazine rings is 1. The number of hydrogen-bond donors (Lipinski definition) is 0. The number of anilines is 1. The summed E-state index contributed by atoms with van der Waals surface area (Å²) in [6.45, 7) is 2.65. The van der Waals surface area contributed by atoms with Crippen LogP contribution in [0.1, 0.15) is 10.4 Å². The van der Waals surface area contributed by atoms with Gasteiger partial charge in [-0.2, -0.15) is 0 Å². The number of carbonyl (C=O) groups is 1. The average Bonchev–Trinajstić information content (AvgIpc) is 2.74. The normalized spacial score (nSPS) is 14.0. The Morgan fingerprint density at radius 3 is 2.32 bits per heavy atom. The lowest BCUT2D eigenvalue weighted by atomic mass is 10.1. The quantitative estimate of drug-likeness (QED) is 0.613. The molecule has 2 heterocycles. The molecule has 1 fully saturated rings. The van der Waals surface area contributed by atoms with Crippen LogP contribution in [0.5, 0.6) is 11.5 Å². The Hall–Kier alpha value is -3.05. The van der Waals surface area contributed by atoms with E-state index in [0.717, 1.165) is 5.82 Å². The molecule has 0 radical (unpaired) electrons. The number of halogens is 1. The van der Waals surface area contributed by atoms with Gasteiger partial charge in [0.25, 0.3) is 5.91 Å². The lowest BCUT2D eigenvalue weighted by Crippen LogP contribution is -2.49. The van der Waals surface area contributed by atoms with Crippen molar-refractivity contribution in [1.29, 1.82) is 0 Å². The van der Waals surface area contributed by atoms with E-state index in [-0.39, 0.29) is 5.91 Å². The molecule has 2 aromatic carbocycles. The Bertz CT molecular complexity index is 957. The second kappa shape index (κ2) is 8.31. The van der Waals surface area contributed by atoms with Crippen LogP contribution in [0.3, 0.4) is 0 Å². The molecule has 1 aromatic heterocycles. The second-order valence-corrected chi connectivity index (χ2v) is 6.90. The van der Waals surface area contributed by atoms with Crippen LogP contribution >= 0.6 is 11.6 Å². The molecule has 1 saturated heterocycles. The van der Waals surface area contributed by atoms with E-state index in [9.17, 15) is 4.79 Å². The van der Waals surface area contributed by atoms with Crippen LogP contribution in [-0.4, -0.2) is 42.0 Å². The molecule has 1 amide bonds. The zero-order valence-corrected chi connectivity index (χ0v) is 16.0. The van der Waals surface area contributed by atoms with Crippen LogP contribution in [-0.2, 0) is 0 Å². The molecule has 0 spiro atoms. The van der Waals surface area contributed by atoms with Crippen molar-refractivity contribution in [1.82, 2.24) is 9.88 Å². The van der Waals surface area contributed by atoms with Gasteiger partial charge in [-0.05, 0) is 36.4 Å². The van der Waals surface area contributed by atoms with E-state index >= 15 is 0 Å². The summed E-state index contributed by atoms with van der Waals surface area (Å²) in [5.41, 5.74) is 0.570. The Kier molecular flexibility index (Phi) is 5.44. The van der Waals surface area contributed by atoms with Crippen molar-refractivity contribution >= 4 is 23.3 Å². The molecule has 0 N–H and O–H groups in total. The topological polar surface area (TPSA) is 45.7 Å². The summed E-state index contributed by atoms with van der Waals surface area (Å²) < 4.78 is 5.94. The zero-order valence-electron chi connectivity index (χ0n) is 15.3. The van der Waals surface area contributed by atoms with Crippen molar-refractivity contribution < 1.29 is 9.53 Å². The fourth-order valence-electron chi connectivity index (χ4n) is 3.23. The number of rotatable bonds is 4. The molecule has 142 valence electrons. The Morgan fingerprint density at radius 2 is 1.57 bits per heavy atom. The van der Waals surface area contributed by atoms with Crippen molar-refractivity contribution in [2.24, 2.45) is 0 Å². The molecule has 5 nitrogen and oxygen atoms in total. The molecule has 1 aliphatic heterocycles. The van der Waals surface area contributed by atoms with Gasteiger partial charge in [-0.1, -0.05) is 48.0 Å². The maximum absolute atomic E-state index is 13.1. The first-order chi connectivity index (χ1) is 13.7. The van der Waals surface area contributed by atoms with Gasteiger partial charge in [-0.3, -0.25) is 4.79 Å². The lowest BCUT2D eigenvalue weighted by Gasteiger charge is -2.35. The highest BCUT2D eigenvalue weighted by atomic mass is 35.5. The van der Waals surface area contributed by atoms with Crippen LogP contribution < -0.4 is 9.64 Å². The summed E-state index contributed by atoms with van der Waals surface area (Å²) >= 11 is 5.99. The van der Waals surface area contributed by atoms with Crippen molar-refractivity contribution in [2.75, 3.05) is 31.1 Å². The van der Waals surface area contributed by atoms with Crippen LogP contribution in [0.15, 0.2) is 72.8 Å². The molecule has 0 aliphatic carbocycles. The summed E-state index contributed by atoms with van der Waals surface area (Å²) in [5.74, 6) is 2.09. The fourth-order valence-corrected chi connectivity index (χ4v) is 3.39. The fraction of sp³-hybridized carbons (Fsp3) is 0.182. The van der Waals surface area contributed by atoms with Crippen LogP contribution in [0.4, 0.5) is 5.82 Å². The number of nitrogens with zero attached hydrogens (tertiary/aromatic N) is 3. The van der Waals surface area contributed by atoms with Gasteiger partial charge in [0.15, 0.2) is 0 Å². The SMILES string of the molecule is O=C(c1ccccc1Oc1ccccc1)N1CCN(c2cccc(Cl)n2)CC1. The smallest absolute Gasteiger partial charge is 0.257 e. The zero-order chi connectivity index (χ0) is 19.3. The molecule has 6 heteroatoms. The summed E-state index contributed by atoms with van der Waals surface area (Å²) in [6.07, 6.45) is 0. The van der Waals surface area contributed by atoms with Gasteiger partial charge in [0.05, 0.1) is 5.56 Å². The molecule has 4 rings (SSSR count). The second-order valence-electron chi connectivity index (χ2n) is 6.51. The van der Waals surface area contributed by atoms with Gasteiger partial charge in [0.2, 0.25) is 0 Å². The Labute approximate surface area is 169 Å². The number of ether oxygens (including phenoxy) is 1. The van der Waals surface area contributed by atoms with Gasteiger partial charge < -0.3 is 14.5 Å². The maximum atomic E-state index is 13.1. The predicted octanol–water partition coefficient (Wildman–Crippen LogP) is 4.49. The molecular weight excluding hydrogens is 374 g/mol. The van der Waals surface area contributed by atoms with Crippen LogP contribution in [0.25, 0.3) is 0 Å². The average molecular weight is 394 g/mol. The van der Waals surface area contributed by atoms with E-state index in [1.807, 2.05) is 71.6 Å². The number of aromatic nitrogens is 1. The number of hydrogen-bond acceptors (Lipinski definition) is 4. The monoisotopic (exact) mass is 393 g/mol. The minimum Gasteiger partial charge on any atom is -0.457 e. The first kappa shape index (κ1) is 18.3. The third-order valence-corrected chi connectivity index (χ3v) is 4.89. The number of amides is 1. The highest BCUT2D eigenvalue weighted by molar-refractivity contribution is 6.29. The Balaban J connectivity index is 1.46. The van der Waals surface area contributed by atoms with Crippen molar-refractivity contribution in [3.05, 3.63) is 83.5 Å². The van der Waals surface area contributed by atoms with Crippen LogP contribution in [0.2, 0.25) is 5.15 Å². The third kappa shape index (κ3) is 4.10. The van der Waals surface area contributed by atoms with E-state index in [0.29, 0.717) is 48.4 Å². The van der Waals surface area contributed by atoms with E-state index < -0.39 is 0 Å². The number of carbonyl (C=O) groups excluding carboxylic acids is 1. The summed E-state index contributed by atoms with van der Waals surface area (Å²) in [5, 5.41) is 0.475. The highest BCUT2D eigenvalue weighted by Gasteiger charge is 2.25. The first-order valence-corrected chi connectivity index (χ1v) is 9.57. The minimum absolute atomic E-state index is 0.0229.